The van der Waals surface area contributed by atoms with Crippen molar-refractivity contribution in [3.63, 3.8) is 0 Å². The van der Waals surface area contributed by atoms with Crippen molar-refractivity contribution in [3.05, 3.63) is 51.2 Å². The van der Waals surface area contributed by atoms with E-state index in [0.29, 0.717) is 12.1 Å². The Morgan fingerprint density at radius 2 is 2.05 bits per heavy atom. The SMILES string of the molecule is CN(Cc1ccsc1)C(=O)c1ccc(Cl)c(S(C)(=O)=O)c1. The van der Waals surface area contributed by atoms with Gasteiger partial charge in [0.25, 0.3) is 5.91 Å². The Bertz CT molecular complexity index is 755. The number of nitrogens with zero attached hydrogens (tertiary/aromatic N) is 1. The number of hydrogen-bond donors (Lipinski definition) is 0. The summed E-state index contributed by atoms with van der Waals surface area (Å²) in [4.78, 5) is 13.9. The van der Waals surface area contributed by atoms with Crippen molar-refractivity contribution in [2.45, 2.75) is 11.4 Å². The van der Waals surface area contributed by atoms with Crippen LogP contribution in [0.1, 0.15) is 15.9 Å². The highest BCUT2D eigenvalue weighted by atomic mass is 35.5. The van der Waals surface area contributed by atoms with Gasteiger partial charge in [0.15, 0.2) is 9.84 Å². The van der Waals surface area contributed by atoms with Gasteiger partial charge in [0, 0.05) is 25.4 Å². The maximum atomic E-state index is 12.4. The first kappa shape index (κ1) is 16.0. The number of carbonyl (C=O) groups excluding carboxylic acids is 1. The fourth-order valence-corrected chi connectivity index (χ4v) is 3.83. The number of rotatable bonds is 4. The summed E-state index contributed by atoms with van der Waals surface area (Å²) in [5.41, 5.74) is 1.34. The van der Waals surface area contributed by atoms with Crippen molar-refractivity contribution in [2.24, 2.45) is 0 Å². The molecule has 1 heterocycles. The maximum absolute atomic E-state index is 12.4. The average Bonchev–Trinajstić information content (AvgIpc) is 2.90. The molecule has 0 spiro atoms. The summed E-state index contributed by atoms with van der Waals surface area (Å²) in [5, 5.41) is 4.03. The van der Waals surface area contributed by atoms with Crippen LogP contribution in [0.3, 0.4) is 0 Å². The third kappa shape index (κ3) is 3.84. The normalized spacial score (nSPS) is 11.4. The molecule has 112 valence electrons. The molecule has 7 heteroatoms. The summed E-state index contributed by atoms with van der Waals surface area (Å²) < 4.78 is 23.3. The summed E-state index contributed by atoms with van der Waals surface area (Å²) in [5.74, 6) is -0.247. The van der Waals surface area contributed by atoms with Crippen molar-refractivity contribution >= 4 is 38.7 Å². The van der Waals surface area contributed by atoms with Gasteiger partial charge in [-0.15, -0.1) is 0 Å². The van der Waals surface area contributed by atoms with E-state index in [1.807, 2.05) is 16.8 Å². The highest BCUT2D eigenvalue weighted by Crippen LogP contribution is 2.23. The van der Waals surface area contributed by atoms with E-state index in [9.17, 15) is 13.2 Å². The van der Waals surface area contributed by atoms with E-state index in [-0.39, 0.29) is 15.8 Å². The minimum Gasteiger partial charge on any atom is -0.337 e. The van der Waals surface area contributed by atoms with Crippen LogP contribution in [-0.2, 0) is 16.4 Å². The molecule has 21 heavy (non-hydrogen) atoms. The van der Waals surface area contributed by atoms with Crippen LogP contribution in [0.2, 0.25) is 5.02 Å². The van der Waals surface area contributed by atoms with Gasteiger partial charge in [0.2, 0.25) is 0 Å². The smallest absolute Gasteiger partial charge is 0.253 e. The third-order valence-corrected chi connectivity index (χ3v) is 5.23. The molecule has 2 rings (SSSR count). The fourth-order valence-electron chi connectivity index (χ4n) is 1.87. The van der Waals surface area contributed by atoms with E-state index in [1.165, 1.54) is 23.1 Å². The van der Waals surface area contributed by atoms with E-state index in [2.05, 4.69) is 0 Å². The Morgan fingerprint density at radius 1 is 1.33 bits per heavy atom. The van der Waals surface area contributed by atoms with Gasteiger partial charge in [0.1, 0.15) is 0 Å². The second-order valence-electron chi connectivity index (χ2n) is 4.71. The maximum Gasteiger partial charge on any atom is 0.253 e. The Labute approximate surface area is 132 Å². The predicted octanol–water partition coefficient (Wildman–Crippen LogP) is 3.08. The molecule has 0 saturated heterocycles. The number of thiophene rings is 1. The van der Waals surface area contributed by atoms with Crippen molar-refractivity contribution < 1.29 is 13.2 Å². The van der Waals surface area contributed by atoms with Crippen LogP contribution in [0.5, 0.6) is 0 Å². The molecule has 0 aliphatic heterocycles. The summed E-state index contributed by atoms with van der Waals surface area (Å²) in [6.45, 7) is 0.471. The third-order valence-electron chi connectivity index (χ3n) is 2.92. The monoisotopic (exact) mass is 343 g/mol. The topological polar surface area (TPSA) is 54.5 Å². The van der Waals surface area contributed by atoms with E-state index in [1.54, 1.807) is 18.4 Å². The highest BCUT2D eigenvalue weighted by molar-refractivity contribution is 7.90. The Morgan fingerprint density at radius 3 is 2.62 bits per heavy atom. The number of sulfone groups is 1. The standard InChI is InChI=1S/C14H14ClNO3S2/c1-16(8-10-5-6-20-9-10)14(17)11-3-4-12(15)13(7-11)21(2,18)19/h3-7,9H,8H2,1-2H3. The molecule has 1 aromatic heterocycles. The quantitative estimate of drug-likeness (QED) is 0.857. The molecule has 1 amide bonds. The van der Waals surface area contributed by atoms with Gasteiger partial charge in [-0.05, 0) is 40.6 Å². The van der Waals surface area contributed by atoms with Gasteiger partial charge < -0.3 is 4.90 Å². The minimum atomic E-state index is -3.47. The minimum absolute atomic E-state index is 0.0287. The second-order valence-corrected chi connectivity index (χ2v) is 7.88. The molecule has 0 atom stereocenters. The first-order valence-corrected chi connectivity index (χ1v) is 9.26. The van der Waals surface area contributed by atoms with Crippen molar-refractivity contribution in [2.75, 3.05) is 13.3 Å². The van der Waals surface area contributed by atoms with Crippen LogP contribution in [-0.4, -0.2) is 32.5 Å². The Hall–Kier alpha value is -1.37. The van der Waals surface area contributed by atoms with E-state index in [4.69, 9.17) is 11.6 Å². The first-order valence-electron chi connectivity index (χ1n) is 6.05. The molecule has 0 fully saturated rings. The molecule has 0 aliphatic rings. The lowest BCUT2D eigenvalue weighted by Crippen LogP contribution is -2.26. The van der Waals surface area contributed by atoms with Gasteiger partial charge in [-0.1, -0.05) is 11.6 Å². The van der Waals surface area contributed by atoms with Crippen molar-refractivity contribution in [3.8, 4) is 0 Å². The highest BCUT2D eigenvalue weighted by Gasteiger charge is 2.18. The molecule has 0 N–H and O–H groups in total. The zero-order valence-electron chi connectivity index (χ0n) is 11.5. The average molecular weight is 344 g/mol. The number of amides is 1. The number of benzene rings is 1. The van der Waals surface area contributed by atoms with Crippen LogP contribution in [0, 0.1) is 0 Å². The van der Waals surface area contributed by atoms with Crippen molar-refractivity contribution in [1.82, 2.24) is 4.90 Å². The van der Waals surface area contributed by atoms with Crippen LogP contribution in [0.25, 0.3) is 0 Å². The van der Waals surface area contributed by atoms with Crippen LogP contribution in [0.4, 0.5) is 0 Å². The molecule has 0 radical (unpaired) electrons. The van der Waals surface area contributed by atoms with Gasteiger partial charge in [-0.25, -0.2) is 8.42 Å². The van der Waals surface area contributed by atoms with Crippen LogP contribution in [0.15, 0.2) is 39.9 Å². The van der Waals surface area contributed by atoms with Gasteiger partial charge in [-0.3, -0.25) is 4.79 Å². The van der Waals surface area contributed by atoms with Crippen LogP contribution < -0.4 is 0 Å². The lowest BCUT2D eigenvalue weighted by Gasteiger charge is -2.17. The molecular weight excluding hydrogens is 330 g/mol. The molecule has 1 aromatic carbocycles. The number of halogens is 1. The van der Waals surface area contributed by atoms with Gasteiger partial charge in [0.05, 0.1) is 9.92 Å². The lowest BCUT2D eigenvalue weighted by atomic mass is 10.2. The largest absolute Gasteiger partial charge is 0.337 e. The zero-order chi connectivity index (χ0) is 15.6. The number of hydrogen-bond acceptors (Lipinski definition) is 4. The Kier molecular flexibility index (Phi) is 4.70. The molecule has 0 bridgehead atoms. The molecule has 0 saturated carbocycles. The predicted molar refractivity (Wildman–Crippen MR) is 84.7 cm³/mol. The summed E-state index contributed by atoms with van der Waals surface area (Å²) in [7, 11) is -1.79. The number of carbonyl (C=O) groups is 1. The Balaban J connectivity index is 2.27. The molecule has 0 aliphatic carbocycles. The molecule has 4 nitrogen and oxygen atoms in total. The van der Waals surface area contributed by atoms with E-state index < -0.39 is 9.84 Å². The van der Waals surface area contributed by atoms with Crippen LogP contribution >= 0.6 is 22.9 Å². The fraction of sp³-hybridized carbons (Fsp3) is 0.214. The molecule has 0 unspecified atom stereocenters. The molecule has 2 aromatic rings. The second kappa shape index (κ2) is 6.17. The van der Waals surface area contributed by atoms with E-state index in [0.717, 1.165) is 11.8 Å². The van der Waals surface area contributed by atoms with Gasteiger partial charge in [-0.2, -0.15) is 11.3 Å². The lowest BCUT2D eigenvalue weighted by molar-refractivity contribution is 0.0785. The molecular formula is C14H14ClNO3S2. The summed E-state index contributed by atoms with van der Waals surface area (Å²) in [6, 6.07) is 6.23. The van der Waals surface area contributed by atoms with Crippen molar-refractivity contribution in [1.29, 1.82) is 0 Å². The summed E-state index contributed by atoms with van der Waals surface area (Å²) in [6.07, 6.45) is 1.07. The first-order chi connectivity index (χ1) is 9.79. The zero-order valence-corrected chi connectivity index (χ0v) is 13.9. The van der Waals surface area contributed by atoms with E-state index >= 15 is 0 Å². The summed E-state index contributed by atoms with van der Waals surface area (Å²) >= 11 is 7.44. The van der Waals surface area contributed by atoms with Gasteiger partial charge >= 0.3 is 0 Å².